The zero-order valence-electron chi connectivity index (χ0n) is 24.6. The van der Waals surface area contributed by atoms with E-state index in [2.05, 4.69) is 59.3 Å². The molecule has 3 heterocycles. The molecular formula is C30H47FN6O. The number of rotatable bonds is 8. The van der Waals surface area contributed by atoms with Crippen LogP contribution in [0.2, 0.25) is 0 Å². The summed E-state index contributed by atoms with van der Waals surface area (Å²) in [6.45, 7) is 17.8. The second-order valence-corrected chi connectivity index (χ2v) is 10.1. The highest BCUT2D eigenvalue weighted by molar-refractivity contribution is 5.90. The van der Waals surface area contributed by atoms with Crippen LogP contribution in [0.3, 0.4) is 0 Å². The Hall–Kier alpha value is -3.00. The molecule has 3 rings (SSSR count). The fraction of sp³-hybridized carbons (Fsp3) is 0.567. The van der Waals surface area contributed by atoms with Crippen molar-refractivity contribution >= 4 is 17.3 Å². The van der Waals surface area contributed by atoms with Gasteiger partial charge in [-0.05, 0) is 58.6 Å². The van der Waals surface area contributed by atoms with Crippen LogP contribution < -0.4 is 21.0 Å². The summed E-state index contributed by atoms with van der Waals surface area (Å²) in [4.78, 5) is 22.9. The lowest BCUT2D eigenvalue weighted by Gasteiger charge is -2.35. The first kappa shape index (κ1) is 31.2. The molecule has 0 bridgehead atoms. The number of nitrogens with zero attached hydrogens (tertiary/aromatic N) is 4. The molecule has 0 radical (unpaired) electrons. The maximum atomic E-state index is 14.1. The van der Waals surface area contributed by atoms with Gasteiger partial charge < -0.3 is 20.1 Å². The molecule has 1 unspecified atom stereocenters. The van der Waals surface area contributed by atoms with Crippen LogP contribution in [-0.4, -0.2) is 41.1 Å². The molecule has 1 saturated heterocycles. The minimum Gasteiger partial charge on any atom is -0.368 e. The maximum absolute atomic E-state index is 14.1. The topological polar surface area (TPSA) is 74.6 Å². The summed E-state index contributed by atoms with van der Waals surface area (Å²) in [5.41, 5.74) is 6.77. The highest BCUT2D eigenvalue weighted by Crippen LogP contribution is 2.24. The summed E-state index contributed by atoms with van der Waals surface area (Å²) < 4.78 is 15.8. The van der Waals surface area contributed by atoms with Crippen LogP contribution in [0.25, 0.3) is 0 Å². The number of allylic oxidation sites excluding steroid dienone is 2. The molecule has 0 aromatic carbocycles. The van der Waals surface area contributed by atoms with Crippen molar-refractivity contribution in [3.63, 3.8) is 0 Å². The van der Waals surface area contributed by atoms with Gasteiger partial charge >= 0.3 is 0 Å². The van der Waals surface area contributed by atoms with Gasteiger partial charge in [0.15, 0.2) is 5.82 Å². The van der Waals surface area contributed by atoms with Crippen LogP contribution in [0.15, 0.2) is 40.8 Å². The van der Waals surface area contributed by atoms with Crippen molar-refractivity contribution < 1.29 is 9.18 Å². The van der Waals surface area contributed by atoms with Crippen molar-refractivity contribution in [3.8, 4) is 0 Å². The van der Waals surface area contributed by atoms with E-state index in [-0.39, 0.29) is 11.6 Å². The Morgan fingerprint density at radius 3 is 2.63 bits per heavy atom. The third-order valence-electron chi connectivity index (χ3n) is 6.83. The SMILES string of the molecule is CCCC(=O)Nc1cn(C)c(=N/C(C)=C(\C)CC)cc1F.CCCc1c(N2CCNC(C)C2)ccnc1C. The van der Waals surface area contributed by atoms with Gasteiger partial charge in [0.2, 0.25) is 5.91 Å². The lowest BCUT2D eigenvalue weighted by atomic mass is 10.0. The van der Waals surface area contributed by atoms with Gasteiger partial charge in [-0.2, -0.15) is 0 Å². The first-order valence-electron chi connectivity index (χ1n) is 13.9. The molecular weight excluding hydrogens is 479 g/mol. The summed E-state index contributed by atoms with van der Waals surface area (Å²) >= 11 is 0. The van der Waals surface area contributed by atoms with Crippen molar-refractivity contribution in [2.24, 2.45) is 12.0 Å². The number of pyridine rings is 2. The van der Waals surface area contributed by atoms with Crippen LogP contribution in [0, 0.1) is 12.7 Å². The third-order valence-corrected chi connectivity index (χ3v) is 6.83. The molecule has 0 aliphatic carbocycles. The van der Waals surface area contributed by atoms with Gasteiger partial charge in [-0.1, -0.05) is 32.8 Å². The average Bonchev–Trinajstić information content (AvgIpc) is 2.88. The van der Waals surface area contributed by atoms with Gasteiger partial charge in [-0.15, -0.1) is 0 Å². The number of aryl methyl sites for hydroxylation is 2. The first-order chi connectivity index (χ1) is 18.1. The largest absolute Gasteiger partial charge is 0.368 e. The molecule has 1 fully saturated rings. The van der Waals surface area contributed by atoms with Gasteiger partial charge in [-0.3, -0.25) is 9.78 Å². The Balaban J connectivity index is 0.000000272. The van der Waals surface area contributed by atoms with Crippen LogP contribution in [0.5, 0.6) is 0 Å². The standard InChI is InChI=1S/C16H24FN3O.C14H23N3/c1-6-8-16(21)19-14-10-20(5)15(9-13(14)17)18-12(4)11(3)7-2;1-4-5-13-12(3)16-7-6-14(13)17-9-8-15-11(2)10-17/h9-10H,6-8H2,1-5H3,(H,19,21);6-7,11,15H,4-5,8-10H2,1-3H3/b12-11+,18-15?;. The molecule has 2 aromatic heterocycles. The monoisotopic (exact) mass is 526 g/mol. The fourth-order valence-corrected chi connectivity index (χ4v) is 4.37. The third kappa shape index (κ3) is 9.08. The highest BCUT2D eigenvalue weighted by Gasteiger charge is 2.19. The van der Waals surface area contributed by atoms with E-state index < -0.39 is 5.82 Å². The number of piperazine rings is 1. The molecule has 0 spiro atoms. The molecule has 38 heavy (non-hydrogen) atoms. The maximum Gasteiger partial charge on any atom is 0.224 e. The molecule has 0 saturated carbocycles. The van der Waals surface area contributed by atoms with E-state index in [1.54, 1.807) is 17.8 Å². The Bertz CT molecular complexity index is 1170. The van der Waals surface area contributed by atoms with Gasteiger partial charge in [0.05, 0.1) is 5.69 Å². The lowest BCUT2D eigenvalue weighted by molar-refractivity contribution is -0.116. The number of aromatic nitrogens is 2. The predicted molar refractivity (Wildman–Crippen MR) is 156 cm³/mol. The van der Waals surface area contributed by atoms with Crippen LogP contribution >= 0.6 is 0 Å². The molecule has 2 aromatic rings. The molecule has 8 heteroatoms. The van der Waals surface area contributed by atoms with E-state index in [9.17, 15) is 9.18 Å². The Morgan fingerprint density at radius 2 is 2.00 bits per heavy atom. The van der Waals surface area contributed by atoms with E-state index in [0.717, 1.165) is 50.2 Å². The Labute approximate surface area is 228 Å². The summed E-state index contributed by atoms with van der Waals surface area (Å²) in [5.74, 6) is -0.655. The van der Waals surface area contributed by atoms with Crippen LogP contribution in [0.4, 0.5) is 15.8 Å². The molecule has 210 valence electrons. The van der Waals surface area contributed by atoms with Crippen molar-refractivity contribution in [2.75, 3.05) is 29.9 Å². The summed E-state index contributed by atoms with van der Waals surface area (Å²) in [5, 5.41) is 6.07. The molecule has 1 aliphatic heterocycles. The summed E-state index contributed by atoms with van der Waals surface area (Å²) in [7, 11) is 1.78. The Kier molecular flexibility index (Phi) is 12.7. The fourth-order valence-electron chi connectivity index (χ4n) is 4.37. The van der Waals surface area contributed by atoms with Gasteiger partial charge in [0.1, 0.15) is 5.49 Å². The number of hydrogen-bond acceptors (Lipinski definition) is 5. The summed E-state index contributed by atoms with van der Waals surface area (Å²) in [6, 6.07) is 4.09. The number of nitrogens with one attached hydrogen (secondary N) is 2. The van der Waals surface area contributed by atoms with E-state index >= 15 is 0 Å². The second kappa shape index (κ2) is 15.4. The van der Waals surface area contributed by atoms with Crippen LogP contribution in [0.1, 0.15) is 78.5 Å². The smallest absolute Gasteiger partial charge is 0.224 e. The zero-order chi connectivity index (χ0) is 28.2. The van der Waals surface area contributed by atoms with Crippen molar-refractivity contribution in [3.05, 3.63) is 58.4 Å². The molecule has 2 N–H and O–H groups in total. The van der Waals surface area contributed by atoms with E-state index in [0.29, 0.717) is 18.0 Å². The van der Waals surface area contributed by atoms with Gasteiger partial charge in [-0.25, -0.2) is 9.38 Å². The van der Waals surface area contributed by atoms with Crippen molar-refractivity contribution in [1.82, 2.24) is 14.9 Å². The van der Waals surface area contributed by atoms with Crippen molar-refractivity contribution in [2.45, 2.75) is 86.6 Å². The molecule has 1 amide bonds. The number of anilines is 2. The Morgan fingerprint density at radius 1 is 1.26 bits per heavy atom. The highest BCUT2D eigenvalue weighted by atomic mass is 19.1. The van der Waals surface area contributed by atoms with Crippen LogP contribution in [-0.2, 0) is 18.3 Å². The minimum atomic E-state index is -0.474. The molecule has 7 nitrogen and oxygen atoms in total. The predicted octanol–water partition coefficient (Wildman–Crippen LogP) is 5.65. The quantitative estimate of drug-likeness (QED) is 0.466. The van der Waals surface area contributed by atoms with E-state index in [4.69, 9.17) is 0 Å². The minimum absolute atomic E-state index is 0.181. The number of hydrogen-bond donors (Lipinski definition) is 2. The first-order valence-corrected chi connectivity index (χ1v) is 13.9. The average molecular weight is 527 g/mol. The number of carbonyl (C=O) groups excluding carboxylic acids is 1. The number of carbonyl (C=O) groups is 1. The zero-order valence-corrected chi connectivity index (χ0v) is 24.6. The summed E-state index contributed by atoms with van der Waals surface area (Å²) in [6.07, 6.45) is 7.83. The normalized spacial score (nSPS) is 16.5. The van der Waals surface area contributed by atoms with Gasteiger partial charge in [0, 0.05) is 74.7 Å². The van der Waals surface area contributed by atoms with E-state index in [1.807, 2.05) is 27.0 Å². The number of amides is 1. The van der Waals surface area contributed by atoms with Crippen molar-refractivity contribution in [1.29, 1.82) is 0 Å². The molecule has 1 atom stereocenters. The molecule has 1 aliphatic rings. The second-order valence-electron chi connectivity index (χ2n) is 10.1. The van der Waals surface area contributed by atoms with E-state index in [1.165, 1.54) is 29.4 Å². The van der Waals surface area contributed by atoms with Gasteiger partial charge in [0.25, 0.3) is 0 Å². The number of halogens is 1. The lowest BCUT2D eigenvalue weighted by Crippen LogP contribution is -2.49.